The molecule has 0 bridgehead atoms. The first-order chi connectivity index (χ1) is 13.3. The fourth-order valence-corrected chi connectivity index (χ4v) is 3.19. The monoisotopic (exact) mass is 404 g/mol. The van der Waals surface area contributed by atoms with Crippen LogP contribution in [-0.4, -0.2) is 47.9 Å². The minimum absolute atomic E-state index is 0.333. The second-order valence-electron chi connectivity index (χ2n) is 9.15. The quantitative estimate of drug-likeness (QED) is 0.379. The smallest absolute Gasteiger partial charge is 0.100 e. The van der Waals surface area contributed by atoms with Gasteiger partial charge >= 0.3 is 0 Å². The van der Waals surface area contributed by atoms with Gasteiger partial charge in [-0.05, 0) is 105 Å². The molecule has 170 valence electrons. The highest BCUT2D eigenvalue weighted by atomic mass is 17.1. The summed E-state index contributed by atoms with van der Waals surface area (Å²) in [5.74, 6) is 0.543. The molecular weight excluding hydrogens is 356 g/mol. The van der Waals surface area contributed by atoms with Crippen molar-refractivity contribution in [1.82, 2.24) is 10.6 Å². The molecule has 3 rings (SSSR count). The van der Waals surface area contributed by atoms with Gasteiger partial charge in [-0.1, -0.05) is 26.2 Å². The highest BCUT2D eigenvalue weighted by Gasteiger charge is 2.31. The Bertz CT molecular complexity index is 306. The van der Waals surface area contributed by atoms with E-state index in [0.29, 0.717) is 5.92 Å². The summed E-state index contributed by atoms with van der Waals surface area (Å²) in [6, 6.07) is 0. The van der Waals surface area contributed by atoms with Crippen molar-refractivity contribution in [2.24, 2.45) is 5.92 Å². The summed E-state index contributed by atoms with van der Waals surface area (Å²) >= 11 is 0. The van der Waals surface area contributed by atoms with Gasteiger partial charge in [0.2, 0.25) is 0 Å². The van der Waals surface area contributed by atoms with Crippen LogP contribution in [0.4, 0.5) is 0 Å². The molecule has 0 amide bonds. The van der Waals surface area contributed by atoms with Crippen LogP contribution in [0.3, 0.4) is 0 Å². The molecule has 0 radical (unpaired) electrons. The number of hydrogen-bond acceptors (Lipinski definition) is 6. The number of hydrogen-bond donors (Lipinski definition) is 4. The van der Waals surface area contributed by atoms with Crippen LogP contribution in [-0.2, 0) is 9.78 Å². The molecule has 4 N–H and O–H groups in total. The van der Waals surface area contributed by atoms with Crippen molar-refractivity contribution in [2.45, 2.75) is 110 Å². The Morgan fingerprint density at radius 2 is 1.14 bits per heavy atom. The Kier molecular flexibility index (Phi) is 16.4. The maximum atomic E-state index is 8.65. The van der Waals surface area contributed by atoms with Crippen LogP contribution in [0.5, 0.6) is 0 Å². The lowest BCUT2D eigenvalue weighted by Crippen LogP contribution is -2.34. The molecule has 28 heavy (non-hydrogen) atoms. The lowest BCUT2D eigenvalue weighted by Gasteiger charge is -2.33. The van der Waals surface area contributed by atoms with E-state index < -0.39 is 0 Å². The molecule has 2 saturated heterocycles. The standard InChI is InChI=1S/C9H18O2.C5H12O2.2C4H9N/c1-9(2,11-10)8-6-4-3-5-7-8;1-4-5(2,3)7-6;2*1-2-4-5-3-1/h8,10H,3-7H2,1-2H3;6H,4H2,1-3H3;2*5H,1-4H2. The van der Waals surface area contributed by atoms with Gasteiger partial charge in [-0.15, -0.1) is 0 Å². The number of rotatable bonds is 4. The van der Waals surface area contributed by atoms with Crippen molar-refractivity contribution >= 4 is 0 Å². The van der Waals surface area contributed by atoms with E-state index in [1.165, 1.54) is 84.0 Å². The van der Waals surface area contributed by atoms with Gasteiger partial charge in [0, 0.05) is 0 Å². The van der Waals surface area contributed by atoms with Gasteiger partial charge in [-0.25, -0.2) is 9.78 Å². The van der Waals surface area contributed by atoms with Crippen LogP contribution in [0.25, 0.3) is 0 Å². The summed E-state index contributed by atoms with van der Waals surface area (Å²) in [7, 11) is 0. The maximum absolute atomic E-state index is 8.65. The Hall–Kier alpha value is -0.240. The molecular formula is C22H48N2O4. The largest absolute Gasteiger partial charge is 0.317 e. The van der Waals surface area contributed by atoms with E-state index >= 15 is 0 Å². The fourth-order valence-electron chi connectivity index (χ4n) is 3.19. The Morgan fingerprint density at radius 1 is 0.714 bits per heavy atom. The topological polar surface area (TPSA) is 83.0 Å². The van der Waals surface area contributed by atoms with Crippen LogP contribution in [0.1, 0.15) is 98.8 Å². The van der Waals surface area contributed by atoms with Crippen molar-refractivity contribution in [3.8, 4) is 0 Å². The molecule has 3 fully saturated rings. The van der Waals surface area contributed by atoms with E-state index in [-0.39, 0.29) is 11.2 Å². The summed E-state index contributed by atoms with van der Waals surface area (Å²) in [6.45, 7) is 14.5. The third kappa shape index (κ3) is 14.7. The lowest BCUT2D eigenvalue weighted by atomic mass is 9.79. The predicted molar refractivity (Wildman–Crippen MR) is 117 cm³/mol. The zero-order chi connectivity index (χ0) is 21.3. The van der Waals surface area contributed by atoms with Gasteiger partial charge < -0.3 is 10.6 Å². The van der Waals surface area contributed by atoms with Crippen LogP contribution in [0, 0.1) is 5.92 Å². The molecule has 6 heteroatoms. The van der Waals surface area contributed by atoms with Crippen LogP contribution in [0.15, 0.2) is 0 Å². The molecule has 1 aliphatic carbocycles. The third-order valence-electron chi connectivity index (χ3n) is 5.84. The van der Waals surface area contributed by atoms with Gasteiger partial charge in [0.1, 0.15) is 5.60 Å². The lowest BCUT2D eigenvalue weighted by molar-refractivity contribution is -0.328. The van der Waals surface area contributed by atoms with E-state index in [2.05, 4.69) is 20.4 Å². The van der Waals surface area contributed by atoms with E-state index in [4.69, 9.17) is 10.5 Å². The van der Waals surface area contributed by atoms with Gasteiger partial charge in [-0.3, -0.25) is 10.5 Å². The summed E-state index contributed by atoms with van der Waals surface area (Å²) in [5.41, 5.74) is -0.694. The van der Waals surface area contributed by atoms with E-state index in [1.807, 2.05) is 34.6 Å². The van der Waals surface area contributed by atoms with Gasteiger partial charge in [-0.2, -0.15) is 0 Å². The third-order valence-corrected chi connectivity index (χ3v) is 5.84. The van der Waals surface area contributed by atoms with Crippen LogP contribution in [0.2, 0.25) is 0 Å². The van der Waals surface area contributed by atoms with Gasteiger partial charge in [0.15, 0.2) is 0 Å². The first-order valence-electron chi connectivity index (χ1n) is 11.4. The minimum Gasteiger partial charge on any atom is -0.317 e. The van der Waals surface area contributed by atoms with E-state index in [1.54, 1.807) is 0 Å². The average Bonchev–Trinajstić information content (AvgIpc) is 3.48. The average molecular weight is 405 g/mol. The molecule has 0 aromatic carbocycles. The normalized spacial score (nSPS) is 20.2. The van der Waals surface area contributed by atoms with E-state index in [0.717, 1.165) is 6.42 Å². The van der Waals surface area contributed by atoms with Crippen LogP contribution < -0.4 is 10.6 Å². The number of nitrogens with one attached hydrogen (secondary N) is 2. The summed E-state index contributed by atoms with van der Waals surface area (Å²) in [5, 5.41) is 23.2. The highest BCUT2D eigenvalue weighted by Crippen LogP contribution is 2.33. The predicted octanol–water partition coefficient (Wildman–Crippen LogP) is 5.24. The maximum Gasteiger partial charge on any atom is 0.100 e. The van der Waals surface area contributed by atoms with Crippen LogP contribution >= 0.6 is 0 Å². The van der Waals surface area contributed by atoms with Crippen molar-refractivity contribution in [1.29, 1.82) is 0 Å². The zero-order valence-electron chi connectivity index (χ0n) is 19.2. The second-order valence-corrected chi connectivity index (χ2v) is 9.15. The van der Waals surface area contributed by atoms with Gasteiger partial charge in [0.25, 0.3) is 0 Å². The molecule has 3 aliphatic rings. The Labute approximate surface area is 173 Å². The minimum atomic E-state index is -0.361. The fraction of sp³-hybridized carbons (Fsp3) is 1.00. The summed E-state index contributed by atoms with van der Waals surface area (Å²) < 4.78 is 0. The molecule has 0 aromatic rings. The first-order valence-corrected chi connectivity index (χ1v) is 11.4. The van der Waals surface area contributed by atoms with Crippen molar-refractivity contribution in [3.05, 3.63) is 0 Å². The summed E-state index contributed by atoms with van der Waals surface area (Å²) in [6.07, 6.45) is 12.7. The highest BCUT2D eigenvalue weighted by molar-refractivity contribution is 4.80. The van der Waals surface area contributed by atoms with Crippen molar-refractivity contribution < 1.29 is 20.3 Å². The van der Waals surface area contributed by atoms with Gasteiger partial charge in [0.05, 0.1) is 5.60 Å². The molecule has 2 heterocycles. The first kappa shape index (κ1) is 27.8. The van der Waals surface area contributed by atoms with Crippen molar-refractivity contribution in [2.75, 3.05) is 26.2 Å². The van der Waals surface area contributed by atoms with Crippen molar-refractivity contribution in [3.63, 3.8) is 0 Å². The van der Waals surface area contributed by atoms with E-state index in [9.17, 15) is 0 Å². The summed E-state index contributed by atoms with van der Waals surface area (Å²) in [4.78, 5) is 8.56. The second kappa shape index (κ2) is 16.5. The SMILES string of the molecule is C1CCNC1.C1CCNC1.CC(C)(OO)C1CCCCC1.CCC(C)(C)OO. The molecule has 0 spiro atoms. The molecule has 2 aliphatic heterocycles. The molecule has 0 aromatic heterocycles. The molecule has 1 saturated carbocycles. The molecule has 6 nitrogen and oxygen atoms in total. The molecule has 0 atom stereocenters. The molecule has 0 unspecified atom stereocenters. The Morgan fingerprint density at radius 3 is 1.36 bits per heavy atom. The Balaban J connectivity index is 0.000000369. The zero-order valence-corrected chi connectivity index (χ0v) is 19.2.